The van der Waals surface area contributed by atoms with Crippen LogP contribution in [0.3, 0.4) is 0 Å². The Morgan fingerprint density at radius 2 is 2.26 bits per heavy atom. The van der Waals surface area contributed by atoms with Gasteiger partial charge < -0.3 is 10.4 Å². The Labute approximate surface area is 111 Å². The fourth-order valence-electron chi connectivity index (χ4n) is 2.13. The third-order valence-corrected chi connectivity index (χ3v) is 4.93. The summed E-state index contributed by atoms with van der Waals surface area (Å²) >= 11 is 0. The van der Waals surface area contributed by atoms with E-state index in [0.29, 0.717) is 25.2 Å². The highest BCUT2D eigenvalue weighted by atomic mass is 32.2. The van der Waals surface area contributed by atoms with Crippen molar-refractivity contribution in [3.63, 3.8) is 0 Å². The Morgan fingerprint density at radius 1 is 1.47 bits per heavy atom. The molecule has 2 rings (SSSR count). The number of nitrogens with zero attached hydrogens (tertiary/aromatic N) is 1. The lowest BCUT2D eigenvalue weighted by Crippen LogP contribution is -2.24. The summed E-state index contributed by atoms with van der Waals surface area (Å²) in [4.78, 5) is 14.7. The molecule has 2 heterocycles. The molecule has 0 aliphatic carbocycles. The minimum Gasteiger partial charge on any atom is -0.477 e. The van der Waals surface area contributed by atoms with Crippen LogP contribution in [0.2, 0.25) is 0 Å². The van der Waals surface area contributed by atoms with E-state index in [4.69, 9.17) is 5.11 Å². The van der Waals surface area contributed by atoms with Crippen molar-refractivity contribution in [1.29, 1.82) is 0 Å². The van der Waals surface area contributed by atoms with E-state index in [2.05, 4.69) is 10.3 Å². The first-order chi connectivity index (χ1) is 8.96. The van der Waals surface area contributed by atoms with Crippen LogP contribution < -0.4 is 5.32 Å². The lowest BCUT2D eigenvalue weighted by atomic mass is 10.1. The molecule has 1 atom stereocenters. The van der Waals surface area contributed by atoms with Crippen molar-refractivity contribution in [3.8, 4) is 0 Å². The van der Waals surface area contributed by atoms with Gasteiger partial charge in [0.1, 0.15) is 5.69 Å². The fraction of sp³-hybridized carbons (Fsp3) is 0.500. The summed E-state index contributed by atoms with van der Waals surface area (Å²) in [6.45, 7) is 1.05. The van der Waals surface area contributed by atoms with Gasteiger partial charge in [-0.15, -0.1) is 0 Å². The fourth-order valence-corrected chi connectivity index (χ4v) is 4.00. The summed E-state index contributed by atoms with van der Waals surface area (Å²) in [7, 11) is -2.84. The van der Waals surface area contributed by atoms with Crippen molar-refractivity contribution < 1.29 is 18.3 Å². The smallest absolute Gasteiger partial charge is 0.354 e. The number of pyridine rings is 1. The summed E-state index contributed by atoms with van der Waals surface area (Å²) in [5, 5.41) is 11.9. The molecule has 0 saturated carbocycles. The van der Waals surface area contributed by atoms with Gasteiger partial charge in [-0.1, -0.05) is 6.07 Å². The number of hydrogen-bond acceptors (Lipinski definition) is 5. The molecule has 1 saturated heterocycles. The number of carboxylic acids is 1. The number of hydrogen-bond donors (Lipinski definition) is 2. The number of rotatable bonds is 5. The molecule has 104 valence electrons. The van der Waals surface area contributed by atoms with Crippen molar-refractivity contribution in [2.75, 3.05) is 18.1 Å². The molecule has 0 bridgehead atoms. The van der Waals surface area contributed by atoms with Gasteiger partial charge in [0.05, 0.1) is 17.2 Å². The van der Waals surface area contributed by atoms with Crippen LogP contribution in [0.5, 0.6) is 0 Å². The van der Waals surface area contributed by atoms with E-state index in [1.807, 2.05) is 0 Å². The van der Waals surface area contributed by atoms with Gasteiger partial charge in [-0.05, 0) is 31.0 Å². The van der Waals surface area contributed by atoms with Crippen LogP contribution in [0.25, 0.3) is 0 Å². The first-order valence-corrected chi connectivity index (χ1v) is 7.89. The number of carboxylic acid groups (broad SMARTS) is 1. The van der Waals surface area contributed by atoms with E-state index in [0.717, 1.165) is 0 Å². The topological polar surface area (TPSA) is 96.4 Å². The number of aromatic nitrogens is 1. The molecule has 0 amide bonds. The lowest BCUT2D eigenvalue weighted by Gasteiger charge is -2.09. The SMILES string of the molecule is O=C(O)c1cccc(CNCC2CCS(=O)(=O)C2)n1. The minimum absolute atomic E-state index is 0.0164. The van der Waals surface area contributed by atoms with Gasteiger partial charge in [0.15, 0.2) is 9.84 Å². The molecular formula is C12H16N2O4S. The Kier molecular flexibility index (Phi) is 4.16. The van der Waals surface area contributed by atoms with Crippen molar-refractivity contribution in [3.05, 3.63) is 29.6 Å². The highest BCUT2D eigenvalue weighted by Gasteiger charge is 2.27. The number of carbonyl (C=O) groups is 1. The van der Waals surface area contributed by atoms with Gasteiger partial charge in [0, 0.05) is 6.54 Å². The van der Waals surface area contributed by atoms with Crippen LogP contribution in [0.4, 0.5) is 0 Å². The van der Waals surface area contributed by atoms with Crippen LogP contribution in [-0.4, -0.2) is 42.5 Å². The van der Waals surface area contributed by atoms with Crippen LogP contribution in [0, 0.1) is 5.92 Å². The van der Waals surface area contributed by atoms with Gasteiger partial charge in [0.25, 0.3) is 0 Å². The average Bonchev–Trinajstić information content (AvgIpc) is 2.69. The zero-order chi connectivity index (χ0) is 13.9. The van der Waals surface area contributed by atoms with E-state index >= 15 is 0 Å². The monoisotopic (exact) mass is 284 g/mol. The van der Waals surface area contributed by atoms with Crippen LogP contribution in [0.1, 0.15) is 22.6 Å². The summed E-state index contributed by atoms with van der Waals surface area (Å²) in [6, 6.07) is 4.83. The van der Waals surface area contributed by atoms with Crippen molar-refractivity contribution >= 4 is 15.8 Å². The summed E-state index contributed by atoms with van der Waals surface area (Å²) in [6.07, 6.45) is 0.692. The second-order valence-corrected chi connectivity index (χ2v) is 6.95. The second kappa shape index (κ2) is 5.66. The molecule has 0 radical (unpaired) electrons. The Bertz CT molecular complexity index is 571. The van der Waals surface area contributed by atoms with E-state index < -0.39 is 15.8 Å². The molecule has 0 aromatic carbocycles. The number of sulfone groups is 1. The predicted molar refractivity (Wildman–Crippen MR) is 69.7 cm³/mol. The Morgan fingerprint density at radius 3 is 2.89 bits per heavy atom. The first kappa shape index (κ1) is 14.0. The molecule has 7 heteroatoms. The average molecular weight is 284 g/mol. The lowest BCUT2D eigenvalue weighted by molar-refractivity contribution is 0.0690. The molecule has 6 nitrogen and oxygen atoms in total. The summed E-state index contributed by atoms with van der Waals surface area (Å²) in [5.41, 5.74) is 0.656. The summed E-state index contributed by atoms with van der Waals surface area (Å²) in [5.74, 6) is -0.397. The Hall–Kier alpha value is -1.47. The Balaban J connectivity index is 1.83. The third kappa shape index (κ3) is 4.00. The van der Waals surface area contributed by atoms with E-state index in [1.165, 1.54) is 6.07 Å². The number of aromatic carboxylic acids is 1. The maximum absolute atomic E-state index is 11.3. The molecular weight excluding hydrogens is 268 g/mol. The number of nitrogens with one attached hydrogen (secondary N) is 1. The zero-order valence-corrected chi connectivity index (χ0v) is 11.2. The van der Waals surface area contributed by atoms with Crippen LogP contribution in [0.15, 0.2) is 18.2 Å². The largest absolute Gasteiger partial charge is 0.477 e. The van der Waals surface area contributed by atoms with Crippen molar-refractivity contribution in [1.82, 2.24) is 10.3 Å². The van der Waals surface area contributed by atoms with Gasteiger partial charge in [0.2, 0.25) is 0 Å². The predicted octanol–water partition coefficient (Wildman–Crippen LogP) is 0.304. The van der Waals surface area contributed by atoms with E-state index in [9.17, 15) is 13.2 Å². The van der Waals surface area contributed by atoms with E-state index in [1.54, 1.807) is 12.1 Å². The van der Waals surface area contributed by atoms with Crippen LogP contribution >= 0.6 is 0 Å². The molecule has 1 aromatic rings. The second-order valence-electron chi connectivity index (χ2n) is 4.72. The first-order valence-electron chi connectivity index (χ1n) is 6.07. The zero-order valence-electron chi connectivity index (χ0n) is 10.4. The van der Waals surface area contributed by atoms with Gasteiger partial charge in [-0.3, -0.25) is 0 Å². The maximum atomic E-state index is 11.3. The standard InChI is InChI=1S/C12H16N2O4S/c15-12(16)11-3-1-2-10(14-11)7-13-6-9-4-5-19(17,18)8-9/h1-3,9,13H,4-8H2,(H,15,16). The van der Waals surface area contributed by atoms with Gasteiger partial charge in [-0.25, -0.2) is 18.2 Å². The van der Waals surface area contributed by atoms with E-state index in [-0.39, 0.29) is 23.1 Å². The molecule has 0 spiro atoms. The molecule has 1 aliphatic rings. The van der Waals surface area contributed by atoms with Crippen molar-refractivity contribution in [2.24, 2.45) is 5.92 Å². The quantitative estimate of drug-likeness (QED) is 0.807. The van der Waals surface area contributed by atoms with Crippen molar-refractivity contribution in [2.45, 2.75) is 13.0 Å². The molecule has 1 unspecified atom stereocenters. The highest BCUT2D eigenvalue weighted by molar-refractivity contribution is 7.91. The molecule has 1 fully saturated rings. The van der Waals surface area contributed by atoms with Gasteiger partial charge >= 0.3 is 5.97 Å². The van der Waals surface area contributed by atoms with Gasteiger partial charge in [-0.2, -0.15) is 0 Å². The normalized spacial score (nSPS) is 21.4. The maximum Gasteiger partial charge on any atom is 0.354 e. The molecule has 19 heavy (non-hydrogen) atoms. The van der Waals surface area contributed by atoms with Crippen LogP contribution in [-0.2, 0) is 16.4 Å². The minimum atomic E-state index is -2.84. The molecule has 1 aromatic heterocycles. The molecule has 1 aliphatic heterocycles. The summed E-state index contributed by atoms with van der Waals surface area (Å²) < 4.78 is 22.6. The molecule has 2 N–H and O–H groups in total. The highest BCUT2D eigenvalue weighted by Crippen LogP contribution is 2.17. The third-order valence-electron chi connectivity index (χ3n) is 3.09.